The first-order valence-corrected chi connectivity index (χ1v) is 7.92. The number of amides is 1. The van der Waals surface area contributed by atoms with Gasteiger partial charge in [0.2, 0.25) is 5.88 Å². The van der Waals surface area contributed by atoms with Crippen LogP contribution in [-0.2, 0) is 12.8 Å². The summed E-state index contributed by atoms with van der Waals surface area (Å²) in [5.74, 6) is -0.0895. The Labute approximate surface area is 141 Å². The van der Waals surface area contributed by atoms with Gasteiger partial charge in [-0.25, -0.2) is 5.10 Å². The van der Waals surface area contributed by atoms with Gasteiger partial charge in [-0.15, -0.1) is 0 Å². The van der Waals surface area contributed by atoms with Crippen LogP contribution in [0.3, 0.4) is 0 Å². The highest BCUT2D eigenvalue weighted by Gasteiger charge is 2.25. The van der Waals surface area contributed by atoms with Gasteiger partial charge in [-0.05, 0) is 36.1 Å². The Morgan fingerprint density at radius 1 is 1.20 bits per heavy atom. The van der Waals surface area contributed by atoms with Crippen molar-refractivity contribution in [3.8, 4) is 17.3 Å². The number of hydrogen-bond acceptors (Lipinski definition) is 4. The molecular weight excluding hydrogens is 320 g/mol. The number of fused-ring (bicyclic) bond motifs is 5. The number of aromatic amines is 3. The largest absolute Gasteiger partial charge is 0.494 e. The van der Waals surface area contributed by atoms with Crippen LogP contribution >= 0.6 is 0 Å². The predicted molar refractivity (Wildman–Crippen MR) is 91.5 cm³/mol. The number of nitrogens with zero attached hydrogens (tertiary/aromatic N) is 2. The molecule has 1 aliphatic rings. The molecule has 1 aromatic carbocycles. The highest BCUT2D eigenvalue weighted by molar-refractivity contribution is 6.14. The van der Waals surface area contributed by atoms with Gasteiger partial charge in [0, 0.05) is 22.5 Å². The van der Waals surface area contributed by atoms with Crippen molar-refractivity contribution in [1.29, 1.82) is 0 Å². The summed E-state index contributed by atoms with van der Waals surface area (Å²) in [6, 6.07) is 6.96. The quantitative estimate of drug-likeness (QED) is 0.386. The van der Waals surface area contributed by atoms with Gasteiger partial charge in [0.25, 0.3) is 5.91 Å². The number of benzene rings is 1. The van der Waals surface area contributed by atoms with Crippen LogP contribution in [0.4, 0.5) is 5.82 Å². The Balaban J connectivity index is 1.64. The van der Waals surface area contributed by atoms with Crippen LogP contribution in [0, 0.1) is 0 Å². The third-order valence-electron chi connectivity index (χ3n) is 4.59. The van der Waals surface area contributed by atoms with Crippen molar-refractivity contribution < 1.29 is 9.90 Å². The maximum atomic E-state index is 12.7. The predicted octanol–water partition coefficient (Wildman–Crippen LogP) is 2.34. The van der Waals surface area contributed by atoms with Gasteiger partial charge in [-0.2, -0.15) is 10.2 Å². The van der Waals surface area contributed by atoms with E-state index in [2.05, 4.69) is 30.7 Å². The van der Waals surface area contributed by atoms with Crippen molar-refractivity contribution in [2.45, 2.75) is 12.8 Å². The second-order valence-corrected chi connectivity index (χ2v) is 6.07. The zero-order valence-electron chi connectivity index (χ0n) is 13.1. The standard InChI is InChI=1S/C17H14N6O2/c24-13-6-12(21-22-13)20-17(25)10-2-1-3-11-14(10)9-5-4-8-7-18-23-15(8)16(9)19-11/h1-3,6-7,19H,4-5H2,(H,18,23)(H3,20,21,22,24,25). The van der Waals surface area contributed by atoms with E-state index < -0.39 is 0 Å². The number of aromatic hydroxyl groups is 1. The van der Waals surface area contributed by atoms with Crippen LogP contribution < -0.4 is 5.32 Å². The van der Waals surface area contributed by atoms with E-state index in [4.69, 9.17) is 0 Å². The maximum absolute atomic E-state index is 12.7. The van der Waals surface area contributed by atoms with E-state index in [1.807, 2.05) is 18.3 Å². The van der Waals surface area contributed by atoms with E-state index in [1.165, 1.54) is 11.6 Å². The molecule has 8 nitrogen and oxygen atoms in total. The lowest BCUT2D eigenvalue weighted by Crippen LogP contribution is -2.13. The molecule has 1 aliphatic carbocycles. The number of carbonyl (C=O) groups excluding carboxylic acids is 1. The van der Waals surface area contributed by atoms with E-state index >= 15 is 0 Å². The molecule has 4 aromatic rings. The van der Waals surface area contributed by atoms with E-state index in [1.54, 1.807) is 6.07 Å². The molecule has 0 radical (unpaired) electrons. The summed E-state index contributed by atoms with van der Waals surface area (Å²) >= 11 is 0. The van der Waals surface area contributed by atoms with Crippen LogP contribution in [0.1, 0.15) is 21.5 Å². The fourth-order valence-corrected chi connectivity index (χ4v) is 3.51. The lowest BCUT2D eigenvalue weighted by Gasteiger charge is -2.12. The molecule has 0 fully saturated rings. The SMILES string of the molecule is O=C(Nc1cc(O)[nH]n1)c1cccc2[nH]c3c(c12)CCc1cn[nH]c1-3. The molecule has 5 rings (SSSR count). The van der Waals surface area contributed by atoms with Crippen molar-refractivity contribution in [3.05, 3.63) is 47.2 Å². The van der Waals surface area contributed by atoms with Crippen molar-refractivity contribution in [2.24, 2.45) is 0 Å². The minimum atomic E-state index is -0.269. The first-order chi connectivity index (χ1) is 12.2. The summed E-state index contributed by atoms with van der Waals surface area (Å²) in [4.78, 5) is 16.1. The minimum absolute atomic E-state index is 0.0979. The molecule has 1 amide bonds. The summed E-state index contributed by atoms with van der Waals surface area (Å²) in [6.45, 7) is 0. The van der Waals surface area contributed by atoms with Crippen LogP contribution in [0.25, 0.3) is 22.3 Å². The number of hydrogen-bond donors (Lipinski definition) is 5. The topological polar surface area (TPSA) is 122 Å². The average molecular weight is 334 g/mol. The van der Waals surface area contributed by atoms with Crippen molar-refractivity contribution >= 4 is 22.6 Å². The first-order valence-electron chi connectivity index (χ1n) is 7.92. The lowest BCUT2D eigenvalue weighted by atomic mass is 9.92. The molecule has 3 aromatic heterocycles. The van der Waals surface area contributed by atoms with Crippen LogP contribution in [0.5, 0.6) is 5.88 Å². The zero-order valence-corrected chi connectivity index (χ0v) is 13.1. The van der Waals surface area contributed by atoms with Gasteiger partial charge in [-0.1, -0.05) is 6.07 Å². The van der Waals surface area contributed by atoms with Crippen molar-refractivity contribution in [1.82, 2.24) is 25.4 Å². The Bertz CT molecular complexity index is 1120. The summed E-state index contributed by atoms with van der Waals surface area (Å²) in [6.07, 6.45) is 3.58. The molecule has 5 N–H and O–H groups in total. The molecule has 0 unspecified atom stereocenters. The molecule has 0 saturated carbocycles. The van der Waals surface area contributed by atoms with Crippen molar-refractivity contribution in [3.63, 3.8) is 0 Å². The van der Waals surface area contributed by atoms with Gasteiger partial charge < -0.3 is 15.4 Å². The van der Waals surface area contributed by atoms with Crippen LogP contribution in [0.2, 0.25) is 0 Å². The monoisotopic (exact) mass is 334 g/mol. The molecule has 0 bridgehead atoms. The van der Waals surface area contributed by atoms with Crippen LogP contribution in [0.15, 0.2) is 30.5 Å². The minimum Gasteiger partial charge on any atom is -0.494 e. The Kier molecular flexibility index (Phi) is 2.75. The average Bonchev–Trinajstić information content (AvgIpc) is 3.31. The van der Waals surface area contributed by atoms with E-state index in [0.717, 1.165) is 40.7 Å². The fourth-order valence-electron chi connectivity index (χ4n) is 3.51. The van der Waals surface area contributed by atoms with Gasteiger partial charge in [0.15, 0.2) is 5.82 Å². The number of rotatable bonds is 2. The summed E-state index contributed by atoms with van der Waals surface area (Å²) in [5, 5.41) is 26.3. The smallest absolute Gasteiger partial charge is 0.257 e. The van der Waals surface area contributed by atoms with E-state index in [-0.39, 0.29) is 17.6 Å². The van der Waals surface area contributed by atoms with Gasteiger partial charge in [0.1, 0.15) is 0 Å². The second-order valence-electron chi connectivity index (χ2n) is 6.07. The zero-order chi connectivity index (χ0) is 17.0. The third-order valence-corrected chi connectivity index (χ3v) is 4.59. The third kappa shape index (κ3) is 2.04. The maximum Gasteiger partial charge on any atom is 0.257 e. The fraction of sp³-hybridized carbons (Fsp3) is 0.118. The number of H-pyrrole nitrogens is 3. The molecule has 25 heavy (non-hydrogen) atoms. The van der Waals surface area contributed by atoms with Gasteiger partial charge in [0.05, 0.1) is 17.6 Å². The number of carbonyl (C=O) groups is 1. The van der Waals surface area contributed by atoms with Gasteiger partial charge >= 0.3 is 0 Å². The summed E-state index contributed by atoms with van der Waals surface area (Å²) in [5.41, 5.74) is 5.75. The lowest BCUT2D eigenvalue weighted by molar-refractivity contribution is 0.102. The summed E-state index contributed by atoms with van der Waals surface area (Å²) < 4.78 is 0. The molecule has 0 saturated heterocycles. The molecule has 0 atom stereocenters. The Morgan fingerprint density at radius 2 is 2.12 bits per heavy atom. The molecular formula is C17H14N6O2. The molecule has 8 heteroatoms. The number of aromatic nitrogens is 5. The second kappa shape index (κ2) is 4.97. The highest BCUT2D eigenvalue weighted by atomic mass is 16.3. The van der Waals surface area contributed by atoms with Crippen molar-refractivity contribution in [2.75, 3.05) is 5.32 Å². The summed E-state index contributed by atoms with van der Waals surface area (Å²) in [7, 11) is 0. The normalized spacial score (nSPS) is 12.8. The van der Waals surface area contributed by atoms with Gasteiger partial charge in [-0.3, -0.25) is 9.89 Å². The number of nitrogens with one attached hydrogen (secondary N) is 4. The molecule has 124 valence electrons. The number of anilines is 1. The molecule has 0 spiro atoms. The first kappa shape index (κ1) is 13.8. The van der Waals surface area contributed by atoms with Crippen LogP contribution in [-0.4, -0.2) is 36.4 Å². The number of aryl methyl sites for hydroxylation is 2. The molecule has 3 heterocycles. The highest BCUT2D eigenvalue weighted by Crippen LogP contribution is 2.37. The van der Waals surface area contributed by atoms with E-state index in [9.17, 15) is 9.90 Å². The Morgan fingerprint density at radius 3 is 2.96 bits per heavy atom. The van der Waals surface area contributed by atoms with E-state index in [0.29, 0.717) is 5.56 Å². The Hall–Kier alpha value is -3.55. The molecule has 0 aliphatic heterocycles.